The highest BCUT2D eigenvalue weighted by Gasteiger charge is 2.39. The zero-order chi connectivity index (χ0) is 24.8. The first kappa shape index (κ1) is 24.6. The van der Waals surface area contributed by atoms with E-state index in [0.717, 1.165) is 6.07 Å². The molecule has 1 fully saturated rings. The van der Waals surface area contributed by atoms with Crippen LogP contribution in [-0.2, 0) is 10.2 Å². The SMILES string of the molecule is CC(NS(=O)(=O)NC[C@H]1C[C@H](c2c(-c3ccc(F)cc3)[nH]c3c(F)cc(F)cc32)C1)C(F)(F)F. The lowest BCUT2D eigenvalue weighted by Crippen LogP contribution is -2.49. The Bertz CT molecular complexity index is 1300. The van der Waals surface area contributed by atoms with E-state index in [1.807, 2.05) is 0 Å². The van der Waals surface area contributed by atoms with Gasteiger partial charge in [-0.1, -0.05) is 0 Å². The molecule has 2 aromatic carbocycles. The minimum Gasteiger partial charge on any atom is -0.352 e. The van der Waals surface area contributed by atoms with Gasteiger partial charge in [0.05, 0.1) is 11.2 Å². The van der Waals surface area contributed by atoms with E-state index in [9.17, 15) is 34.8 Å². The Morgan fingerprint density at radius 3 is 2.32 bits per heavy atom. The van der Waals surface area contributed by atoms with E-state index in [0.29, 0.717) is 42.0 Å². The lowest BCUT2D eigenvalue weighted by atomic mass is 9.70. The van der Waals surface area contributed by atoms with Crippen molar-refractivity contribution in [1.82, 2.24) is 14.4 Å². The number of hydrogen-bond donors (Lipinski definition) is 3. The van der Waals surface area contributed by atoms with Crippen molar-refractivity contribution in [3.8, 4) is 11.3 Å². The van der Waals surface area contributed by atoms with E-state index < -0.39 is 39.9 Å². The summed E-state index contributed by atoms with van der Waals surface area (Å²) in [4.78, 5) is 2.96. The maximum atomic E-state index is 14.4. The van der Waals surface area contributed by atoms with Crippen LogP contribution in [0.25, 0.3) is 22.2 Å². The van der Waals surface area contributed by atoms with Gasteiger partial charge in [-0.25, -0.2) is 17.9 Å². The van der Waals surface area contributed by atoms with Crippen molar-refractivity contribution >= 4 is 21.1 Å². The summed E-state index contributed by atoms with van der Waals surface area (Å²) in [5, 5.41) is 0.335. The van der Waals surface area contributed by atoms with Crippen molar-refractivity contribution in [2.45, 2.75) is 37.9 Å². The van der Waals surface area contributed by atoms with Crippen molar-refractivity contribution in [1.29, 1.82) is 0 Å². The zero-order valence-corrected chi connectivity index (χ0v) is 18.6. The van der Waals surface area contributed by atoms with E-state index in [1.165, 1.54) is 35.1 Å². The number of nitrogens with one attached hydrogen (secondary N) is 3. The van der Waals surface area contributed by atoms with Crippen LogP contribution in [0.5, 0.6) is 0 Å². The van der Waals surface area contributed by atoms with Gasteiger partial charge in [0.15, 0.2) is 0 Å². The van der Waals surface area contributed by atoms with Gasteiger partial charge in [0.2, 0.25) is 0 Å². The lowest BCUT2D eigenvalue weighted by molar-refractivity contribution is -0.147. The predicted molar refractivity (Wildman–Crippen MR) is 115 cm³/mol. The molecule has 0 radical (unpaired) electrons. The molecule has 3 N–H and O–H groups in total. The first-order valence-electron chi connectivity index (χ1n) is 10.4. The zero-order valence-electron chi connectivity index (χ0n) is 17.8. The quantitative estimate of drug-likeness (QED) is 0.390. The molecule has 34 heavy (non-hydrogen) atoms. The number of rotatable bonds is 7. The summed E-state index contributed by atoms with van der Waals surface area (Å²) < 4.78 is 107. The number of aromatic nitrogens is 1. The number of hydrogen-bond acceptors (Lipinski definition) is 2. The lowest BCUT2D eigenvalue weighted by Gasteiger charge is -2.36. The standard InChI is InChI=1S/C22H21F6N3O2S/c1-11(22(26,27)28)31-34(32,33)29-10-12-6-14(7-12)19-17-8-16(24)9-18(25)21(17)30-20(19)13-2-4-15(23)5-3-13/h2-5,8-9,11-12,14,29-31H,6-7,10H2,1H3/t11?,12-,14-. The molecule has 5 nitrogen and oxygen atoms in total. The topological polar surface area (TPSA) is 74.0 Å². The van der Waals surface area contributed by atoms with E-state index >= 15 is 0 Å². The molecule has 1 heterocycles. The summed E-state index contributed by atoms with van der Waals surface area (Å²) in [6.45, 7) is 0.609. The smallest absolute Gasteiger partial charge is 0.352 e. The maximum absolute atomic E-state index is 14.4. The van der Waals surface area contributed by atoms with Crippen molar-refractivity contribution in [2.75, 3.05) is 6.54 Å². The molecular weight excluding hydrogens is 484 g/mol. The number of H-pyrrole nitrogens is 1. The molecule has 1 aromatic heterocycles. The molecule has 1 aliphatic rings. The Morgan fingerprint density at radius 1 is 1.06 bits per heavy atom. The van der Waals surface area contributed by atoms with Gasteiger partial charge in [0, 0.05) is 18.0 Å². The summed E-state index contributed by atoms with van der Waals surface area (Å²) >= 11 is 0. The average Bonchev–Trinajstić information content (AvgIpc) is 3.05. The van der Waals surface area contributed by atoms with E-state index in [2.05, 4.69) is 9.71 Å². The van der Waals surface area contributed by atoms with Crippen LogP contribution < -0.4 is 9.44 Å². The Morgan fingerprint density at radius 2 is 1.71 bits per heavy atom. The van der Waals surface area contributed by atoms with Gasteiger partial charge in [-0.2, -0.15) is 26.3 Å². The van der Waals surface area contributed by atoms with Crippen LogP contribution in [0.15, 0.2) is 36.4 Å². The Hall–Kier alpha value is -2.57. The normalized spacial score (nSPS) is 19.9. The highest BCUT2D eigenvalue weighted by atomic mass is 32.2. The summed E-state index contributed by atoms with van der Waals surface area (Å²) in [7, 11) is -4.37. The third-order valence-electron chi connectivity index (χ3n) is 6.03. The van der Waals surface area contributed by atoms with Crippen LogP contribution in [-0.4, -0.2) is 32.2 Å². The molecule has 1 aliphatic carbocycles. The molecular formula is C22H21F6N3O2S. The Balaban J connectivity index is 1.53. The first-order valence-corrected chi connectivity index (χ1v) is 11.9. The highest BCUT2D eigenvalue weighted by molar-refractivity contribution is 7.87. The Labute approximate surface area is 191 Å². The molecule has 1 saturated carbocycles. The van der Waals surface area contributed by atoms with Crippen LogP contribution >= 0.6 is 0 Å². The number of fused-ring (bicyclic) bond motifs is 1. The van der Waals surface area contributed by atoms with Crippen LogP contribution in [0.1, 0.15) is 31.2 Å². The van der Waals surface area contributed by atoms with Gasteiger partial charge in [-0.15, -0.1) is 0 Å². The fraction of sp³-hybridized carbons (Fsp3) is 0.364. The number of aromatic amines is 1. The Kier molecular flexibility index (Phi) is 6.42. The molecule has 0 aliphatic heterocycles. The van der Waals surface area contributed by atoms with E-state index in [-0.39, 0.29) is 23.9 Å². The van der Waals surface area contributed by atoms with Gasteiger partial charge in [-0.05, 0) is 73.1 Å². The first-order chi connectivity index (χ1) is 15.8. The van der Waals surface area contributed by atoms with Gasteiger partial charge >= 0.3 is 6.18 Å². The molecule has 4 rings (SSSR count). The molecule has 1 atom stereocenters. The largest absolute Gasteiger partial charge is 0.404 e. The third kappa shape index (κ3) is 5.08. The van der Waals surface area contributed by atoms with Gasteiger partial charge in [0.1, 0.15) is 23.5 Å². The summed E-state index contributed by atoms with van der Waals surface area (Å²) in [6.07, 6.45) is -3.83. The van der Waals surface area contributed by atoms with E-state index in [1.54, 1.807) is 0 Å². The number of alkyl halides is 3. The molecule has 0 bridgehead atoms. The molecule has 0 spiro atoms. The minimum absolute atomic E-state index is 0.0899. The van der Waals surface area contributed by atoms with Crippen molar-refractivity contribution < 1.29 is 34.8 Å². The highest BCUT2D eigenvalue weighted by Crippen LogP contribution is 2.48. The maximum Gasteiger partial charge on any atom is 0.404 e. The second-order valence-electron chi connectivity index (χ2n) is 8.50. The molecule has 12 heteroatoms. The predicted octanol–water partition coefficient (Wildman–Crippen LogP) is 5.12. The van der Waals surface area contributed by atoms with Gasteiger partial charge < -0.3 is 4.98 Å². The van der Waals surface area contributed by atoms with Crippen molar-refractivity contribution in [3.05, 3.63) is 59.4 Å². The molecule has 0 amide bonds. The fourth-order valence-corrected chi connectivity index (χ4v) is 5.35. The fourth-order valence-electron chi connectivity index (χ4n) is 4.22. The van der Waals surface area contributed by atoms with Crippen LogP contribution in [0.2, 0.25) is 0 Å². The van der Waals surface area contributed by atoms with Crippen LogP contribution in [0.3, 0.4) is 0 Å². The third-order valence-corrected chi connectivity index (χ3v) is 7.24. The monoisotopic (exact) mass is 505 g/mol. The summed E-state index contributed by atoms with van der Waals surface area (Å²) in [5.74, 6) is -2.37. The number of halogens is 6. The number of benzene rings is 2. The minimum atomic E-state index is -4.72. The van der Waals surface area contributed by atoms with Crippen molar-refractivity contribution in [3.63, 3.8) is 0 Å². The van der Waals surface area contributed by atoms with E-state index in [4.69, 9.17) is 0 Å². The summed E-state index contributed by atoms with van der Waals surface area (Å²) in [5.41, 5.74) is 1.80. The average molecular weight is 505 g/mol. The second-order valence-corrected chi connectivity index (χ2v) is 10.0. The second kappa shape index (κ2) is 8.90. The van der Waals surface area contributed by atoms with Gasteiger partial charge in [-0.3, -0.25) is 0 Å². The van der Waals surface area contributed by atoms with Crippen molar-refractivity contribution in [2.24, 2.45) is 5.92 Å². The molecule has 184 valence electrons. The summed E-state index contributed by atoms with van der Waals surface area (Å²) in [6, 6.07) is 5.23. The van der Waals surface area contributed by atoms with Crippen LogP contribution in [0.4, 0.5) is 26.3 Å². The molecule has 3 aromatic rings. The molecule has 0 saturated heterocycles. The van der Waals surface area contributed by atoms with Crippen LogP contribution in [0, 0.1) is 23.4 Å². The molecule has 1 unspecified atom stereocenters. The van der Waals surface area contributed by atoms with Gasteiger partial charge in [0.25, 0.3) is 10.2 Å².